The Labute approximate surface area is 127 Å². The zero-order valence-electron chi connectivity index (χ0n) is 11.4. The Morgan fingerprint density at radius 2 is 1.71 bits per heavy atom. The second-order valence-electron chi connectivity index (χ2n) is 4.32. The van der Waals surface area contributed by atoms with E-state index in [0.717, 1.165) is 22.3 Å². The maximum Gasteiger partial charge on any atom is 0.305 e. The molecule has 0 aromatic heterocycles. The minimum absolute atomic E-state index is 0.0121. The van der Waals surface area contributed by atoms with Crippen LogP contribution in [-0.4, -0.2) is 35.2 Å². The van der Waals surface area contributed by atoms with Gasteiger partial charge in [0, 0.05) is 30.1 Å². The first kappa shape index (κ1) is 16.9. The third-order valence-electron chi connectivity index (χ3n) is 2.78. The van der Waals surface area contributed by atoms with E-state index >= 15 is 0 Å². The van der Waals surface area contributed by atoms with Crippen LogP contribution in [0.25, 0.3) is 0 Å². The lowest BCUT2D eigenvalue weighted by atomic mass is 10.2. The van der Waals surface area contributed by atoms with Gasteiger partial charge in [-0.2, -0.15) is 5.26 Å². The second kappa shape index (κ2) is 8.87. The van der Waals surface area contributed by atoms with E-state index in [4.69, 9.17) is 15.5 Å². The van der Waals surface area contributed by atoms with E-state index in [9.17, 15) is 9.59 Å². The molecule has 7 heteroatoms. The molecule has 0 bridgehead atoms. The number of anilines is 1. The Bertz CT molecular complexity index is 525. The molecule has 0 unspecified atom stereocenters. The summed E-state index contributed by atoms with van der Waals surface area (Å²) in [6.45, 7) is 0.796. The lowest BCUT2D eigenvalue weighted by molar-refractivity contribution is -0.138. The molecule has 6 nitrogen and oxygen atoms in total. The summed E-state index contributed by atoms with van der Waals surface area (Å²) in [5.41, 5.74) is 0.823. The van der Waals surface area contributed by atoms with Crippen LogP contribution in [0.4, 0.5) is 5.69 Å². The number of aliphatic carboxylic acids is 2. The van der Waals surface area contributed by atoms with Crippen molar-refractivity contribution in [1.82, 2.24) is 0 Å². The van der Waals surface area contributed by atoms with Gasteiger partial charge in [0.05, 0.1) is 6.42 Å². The first-order valence-corrected chi connectivity index (χ1v) is 7.19. The molecule has 0 aliphatic heterocycles. The molecule has 1 aromatic carbocycles. The normalized spacial score (nSPS) is 9.86. The molecule has 21 heavy (non-hydrogen) atoms. The molecular weight excluding hydrogens is 292 g/mol. The molecule has 0 saturated heterocycles. The van der Waals surface area contributed by atoms with Crippen molar-refractivity contribution in [2.24, 2.45) is 0 Å². The van der Waals surface area contributed by atoms with E-state index in [2.05, 4.69) is 0 Å². The van der Waals surface area contributed by atoms with Crippen LogP contribution in [0, 0.1) is 10.7 Å². The molecule has 112 valence electrons. The topological polar surface area (TPSA) is 102 Å². The molecule has 1 rings (SSSR count). The number of carboxylic acid groups (broad SMARTS) is 2. The van der Waals surface area contributed by atoms with Crippen LogP contribution in [0.2, 0.25) is 0 Å². The molecule has 0 aliphatic rings. The van der Waals surface area contributed by atoms with Gasteiger partial charge in [-0.05, 0) is 42.4 Å². The van der Waals surface area contributed by atoms with Crippen LogP contribution in [0.15, 0.2) is 29.2 Å². The van der Waals surface area contributed by atoms with Gasteiger partial charge in [-0.25, -0.2) is 0 Å². The van der Waals surface area contributed by atoms with Gasteiger partial charge in [0.1, 0.15) is 5.40 Å². The standard InChI is InChI=1S/C14H16N2O4S/c15-10-21-12-5-3-11(4-6-12)16(9-7-14(19)20)8-1-2-13(17)18/h3-6H,1-2,7-9H2,(H,17,18)(H,19,20). The maximum absolute atomic E-state index is 10.7. The molecule has 2 N–H and O–H groups in total. The van der Waals surface area contributed by atoms with Crippen LogP contribution < -0.4 is 4.90 Å². The summed E-state index contributed by atoms with van der Waals surface area (Å²) in [6, 6.07) is 7.19. The summed E-state index contributed by atoms with van der Waals surface area (Å²) in [5.74, 6) is -1.76. The van der Waals surface area contributed by atoms with E-state index in [1.165, 1.54) is 0 Å². The molecule has 0 fully saturated rings. The van der Waals surface area contributed by atoms with Crippen molar-refractivity contribution in [3.05, 3.63) is 24.3 Å². The number of nitrogens with zero attached hydrogens (tertiary/aromatic N) is 2. The van der Waals surface area contributed by atoms with Crippen molar-refractivity contribution < 1.29 is 19.8 Å². The van der Waals surface area contributed by atoms with Crippen LogP contribution >= 0.6 is 11.8 Å². The first-order valence-electron chi connectivity index (χ1n) is 6.37. The van der Waals surface area contributed by atoms with E-state index < -0.39 is 11.9 Å². The highest BCUT2D eigenvalue weighted by Crippen LogP contribution is 2.22. The van der Waals surface area contributed by atoms with Crippen molar-refractivity contribution in [1.29, 1.82) is 5.26 Å². The van der Waals surface area contributed by atoms with Gasteiger partial charge in [-0.3, -0.25) is 9.59 Å². The van der Waals surface area contributed by atoms with Crippen molar-refractivity contribution >= 4 is 29.4 Å². The van der Waals surface area contributed by atoms with Crippen LogP contribution in [0.3, 0.4) is 0 Å². The molecule has 0 amide bonds. The summed E-state index contributed by atoms with van der Waals surface area (Å²) in [4.78, 5) is 23.9. The van der Waals surface area contributed by atoms with Gasteiger partial charge in [0.25, 0.3) is 0 Å². The Morgan fingerprint density at radius 3 is 2.24 bits per heavy atom. The summed E-state index contributed by atoms with van der Waals surface area (Å²) in [5, 5.41) is 28.0. The lowest BCUT2D eigenvalue weighted by Crippen LogP contribution is -2.27. The molecule has 0 atom stereocenters. The van der Waals surface area contributed by atoms with Gasteiger partial charge < -0.3 is 15.1 Å². The SMILES string of the molecule is N#CSc1ccc(N(CCCC(=O)O)CCC(=O)O)cc1. The number of rotatable bonds is 9. The first-order chi connectivity index (χ1) is 10.0. The molecule has 0 radical (unpaired) electrons. The number of thiocyanates is 1. The van der Waals surface area contributed by atoms with E-state index in [0.29, 0.717) is 19.5 Å². The van der Waals surface area contributed by atoms with Gasteiger partial charge in [-0.1, -0.05) is 0 Å². The minimum Gasteiger partial charge on any atom is -0.481 e. The number of carboxylic acids is 2. The van der Waals surface area contributed by atoms with E-state index in [1.54, 1.807) is 12.1 Å². The average Bonchev–Trinajstić information content (AvgIpc) is 2.43. The predicted molar refractivity (Wildman–Crippen MR) is 79.2 cm³/mol. The second-order valence-corrected chi connectivity index (χ2v) is 5.17. The Balaban J connectivity index is 2.71. The van der Waals surface area contributed by atoms with Crippen molar-refractivity contribution in [2.75, 3.05) is 18.0 Å². The predicted octanol–water partition coefficient (Wildman–Crippen LogP) is 2.41. The number of thioether (sulfide) groups is 1. The molecule has 0 saturated carbocycles. The summed E-state index contributed by atoms with van der Waals surface area (Å²) in [7, 11) is 0. The zero-order chi connectivity index (χ0) is 15.7. The van der Waals surface area contributed by atoms with E-state index in [1.807, 2.05) is 22.4 Å². The van der Waals surface area contributed by atoms with Crippen molar-refractivity contribution in [3.8, 4) is 5.40 Å². The number of benzene rings is 1. The zero-order valence-corrected chi connectivity index (χ0v) is 12.2. The highest BCUT2D eigenvalue weighted by Gasteiger charge is 2.10. The third kappa shape index (κ3) is 6.68. The number of carbonyl (C=O) groups is 2. The largest absolute Gasteiger partial charge is 0.481 e. The Morgan fingerprint density at radius 1 is 1.10 bits per heavy atom. The molecule has 0 spiro atoms. The number of nitriles is 1. The van der Waals surface area contributed by atoms with Gasteiger partial charge in [0.15, 0.2) is 0 Å². The highest BCUT2D eigenvalue weighted by atomic mass is 32.2. The van der Waals surface area contributed by atoms with E-state index in [-0.39, 0.29) is 12.8 Å². The number of hydrogen-bond acceptors (Lipinski definition) is 5. The molecule has 0 heterocycles. The lowest BCUT2D eigenvalue weighted by Gasteiger charge is -2.24. The summed E-state index contributed by atoms with van der Waals surface area (Å²) >= 11 is 1.05. The fraction of sp³-hybridized carbons (Fsp3) is 0.357. The van der Waals surface area contributed by atoms with Gasteiger partial charge in [-0.15, -0.1) is 0 Å². The van der Waals surface area contributed by atoms with Crippen LogP contribution in [-0.2, 0) is 9.59 Å². The minimum atomic E-state index is -0.894. The van der Waals surface area contributed by atoms with Crippen molar-refractivity contribution in [2.45, 2.75) is 24.2 Å². The summed E-state index contributed by atoms with van der Waals surface area (Å²) < 4.78 is 0. The molecule has 0 aliphatic carbocycles. The maximum atomic E-state index is 10.7. The quantitative estimate of drug-likeness (QED) is 0.533. The fourth-order valence-electron chi connectivity index (χ4n) is 1.80. The number of hydrogen-bond donors (Lipinski definition) is 2. The molecule has 1 aromatic rings. The van der Waals surface area contributed by atoms with Gasteiger partial charge in [0.2, 0.25) is 0 Å². The Hall–Kier alpha value is -2.20. The fourth-order valence-corrected chi connectivity index (χ4v) is 2.18. The van der Waals surface area contributed by atoms with Crippen LogP contribution in [0.1, 0.15) is 19.3 Å². The Kier molecular flexibility index (Phi) is 7.12. The van der Waals surface area contributed by atoms with Crippen molar-refractivity contribution in [3.63, 3.8) is 0 Å². The van der Waals surface area contributed by atoms with Crippen LogP contribution in [0.5, 0.6) is 0 Å². The average molecular weight is 308 g/mol. The van der Waals surface area contributed by atoms with Gasteiger partial charge >= 0.3 is 11.9 Å². The summed E-state index contributed by atoms with van der Waals surface area (Å²) in [6.07, 6.45) is 0.483. The third-order valence-corrected chi connectivity index (χ3v) is 3.38. The smallest absolute Gasteiger partial charge is 0.305 e. The highest BCUT2D eigenvalue weighted by molar-refractivity contribution is 8.03. The monoisotopic (exact) mass is 308 g/mol. The molecular formula is C14H16N2O4S.